The molecular formula is C16H14ClNO3. The van der Waals surface area contributed by atoms with Crippen LogP contribution in [0.4, 0.5) is 0 Å². The molecule has 1 heterocycles. The maximum Gasteiger partial charge on any atom is 0.341 e. The summed E-state index contributed by atoms with van der Waals surface area (Å²) in [6.07, 6.45) is 1.47. The molecule has 0 unspecified atom stereocenters. The second-order valence-electron chi connectivity index (χ2n) is 4.66. The van der Waals surface area contributed by atoms with Gasteiger partial charge in [-0.15, -0.1) is 0 Å². The Morgan fingerprint density at radius 2 is 1.95 bits per heavy atom. The summed E-state index contributed by atoms with van der Waals surface area (Å²) in [6.45, 7) is 3.47. The predicted octanol–water partition coefficient (Wildman–Crippen LogP) is 3.39. The van der Waals surface area contributed by atoms with E-state index in [4.69, 9.17) is 16.3 Å². The van der Waals surface area contributed by atoms with E-state index >= 15 is 0 Å². The van der Waals surface area contributed by atoms with Gasteiger partial charge in [0.25, 0.3) is 0 Å². The number of ketones is 1. The van der Waals surface area contributed by atoms with Gasteiger partial charge in [-0.05, 0) is 31.5 Å². The van der Waals surface area contributed by atoms with Gasteiger partial charge in [0.15, 0.2) is 6.61 Å². The number of carbonyl (C=O) groups excluding carboxylic acids is 2. The molecule has 0 aliphatic carbocycles. The molecule has 21 heavy (non-hydrogen) atoms. The first kappa shape index (κ1) is 15.2. The summed E-state index contributed by atoms with van der Waals surface area (Å²) in [6, 6.07) is 8.57. The minimum absolute atomic E-state index is 0.0569. The smallest absolute Gasteiger partial charge is 0.341 e. The average molecular weight is 304 g/mol. The SMILES string of the molecule is Cc1ccc(C(=O)COC(=O)c2cccnc2Cl)c(C)c1. The van der Waals surface area contributed by atoms with E-state index in [1.807, 2.05) is 26.0 Å². The summed E-state index contributed by atoms with van der Waals surface area (Å²) in [4.78, 5) is 27.7. The number of carbonyl (C=O) groups is 2. The third kappa shape index (κ3) is 3.67. The van der Waals surface area contributed by atoms with Crippen molar-refractivity contribution in [2.24, 2.45) is 0 Å². The van der Waals surface area contributed by atoms with Gasteiger partial charge in [-0.25, -0.2) is 9.78 Å². The second-order valence-corrected chi connectivity index (χ2v) is 5.02. The molecule has 0 bridgehead atoms. The number of rotatable bonds is 4. The van der Waals surface area contributed by atoms with Gasteiger partial charge in [0, 0.05) is 11.8 Å². The Hall–Kier alpha value is -2.20. The highest BCUT2D eigenvalue weighted by Crippen LogP contribution is 2.14. The lowest BCUT2D eigenvalue weighted by Gasteiger charge is -2.07. The average Bonchev–Trinajstić information content (AvgIpc) is 2.45. The van der Waals surface area contributed by atoms with Gasteiger partial charge in [-0.1, -0.05) is 35.4 Å². The molecule has 0 amide bonds. The van der Waals surface area contributed by atoms with E-state index < -0.39 is 5.97 Å². The van der Waals surface area contributed by atoms with Crippen LogP contribution in [0.15, 0.2) is 36.5 Å². The quantitative estimate of drug-likeness (QED) is 0.493. The molecule has 0 saturated heterocycles. The van der Waals surface area contributed by atoms with Crippen LogP contribution in [0, 0.1) is 13.8 Å². The zero-order valence-corrected chi connectivity index (χ0v) is 12.5. The molecule has 2 aromatic rings. The number of hydrogen-bond donors (Lipinski definition) is 0. The van der Waals surface area contributed by atoms with Crippen LogP contribution < -0.4 is 0 Å². The van der Waals surface area contributed by atoms with E-state index in [0.29, 0.717) is 5.56 Å². The minimum Gasteiger partial charge on any atom is -0.454 e. The maximum atomic E-state index is 12.1. The summed E-state index contributed by atoms with van der Waals surface area (Å²) in [7, 11) is 0. The van der Waals surface area contributed by atoms with E-state index in [0.717, 1.165) is 11.1 Å². The number of aromatic nitrogens is 1. The summed E-state index contributed by atoms with van der Waals surface area (Å²) in [5, 5.41) is 0.0569. The topological polar surface area (TPSA) is 56.3 Å². The molecule has 108 valence electrons. The van der Waals surface area contributed by atoms with Crippen molar-refractivity contribution in [3.8, 4) is 0 Å². The number of hydrogen-bond acceptors (Lipinski definition) is 4. The monoisotopic (exact) mass is 303 g/mol. The van der Waals surface area contributed by atoms with Crippen molar-refractivity contribution in [3.63, 3.8) is 0 Å². The molecule has 0 aliphatic heterocycles. The molecule has 0 atom stereocenters. The van der Waals surface area contributed by atoms with Crippen LogP contribution in [0.3, 0.4) is 0 Å². The van der Waals surface area contributed by atoms with Crippen LogP contribution in [-0.2, 0) is 4.74 Å². The zero-order chi connectivity index (χ0) is 15.4. The zero-order valence-electron chi connectivity index (χ0n) is 11.7. The summed E-state index contributed by atoms with van der Waals surface area (Å²) >= 11 is 5.80. The normalized spacial score (nSPS) is 10.2. The van der Waals surface area contributed by atoms with E-state index in [9.17, 15) is 9.59 Å². The minimum atomic E-state index is -0.661. The molecule has 0 N–H and O–H groups in total. The fourth-order valence-corrected chi connectivity index (χ4v) is 2.15. The molecule has 2 rings (SSSR count). The number of benzene rings is 1. The van der Waals surface area contributed by atoms with Crippen LogP contribution in [-0.4, -0.2) is 23.3 Å². The van der Waals surface area contributed by atoms with Crippen molar-refractivity contribution in [1.82, 2.24) is 4.98 Å². The van der Waals surface area contributed by atoms with Crippen LogP contribution in [0.25, 0.3) is 0 Å². The Kier molecular flexibility index (Phi) is 4.70. The number of ether oxygens (including phenoxy) is 1. The van der Waals surface area contributed by atoms with Crippen LogP contribution in [0.5, 0.6) is 0 Å². The van der Waals surface area contributed by atoms with E-state index in [2.05, 4.69) is 4.98 Å². The Labute approximate surface area is 127 Å². The molecule has 4 nitrogen and oxygen atoms in total. The number of halogens is 1. The van der Waals surface area contributed by atoms with Gasteiger partial charge in [-0.2, -0.15) is 0 Å². The van der Waals surface area contributed by atoms with Crippen molar-refractivity contribution in [3.05, 3.63) is 63.9 Å². The first-order chi connectivity index (χ1) is 9.99. The largest absolute Gasteiger partial charge is 0.454 e. The van der Waals surface area contributed by atoms with Crippen molar-refractivity contribution >= 4 is 23.4 Å². The summed E-state index contributed by atoms with van der Waals surface area (Å²) < 4.78 is 5.00. The van der Waals surface area contributed by atoms with Crippen molar-refractivity contribution in [1.29, 1.82) is 0 Å². The van der Waals surface area contributed by atoms with E-state index in [1.54, 1.807) is 12.1 Å². The summed E-state index contributed by atoms with van der Waals surface area (Å²) in [5.41, 5.74) is 2.62. The third-order valence-corrected chi connectivity index (χ3v) is 3.30. The Morgan fingerprint density at radius 3 is 2.62 bits per heavy atom. The van der Waals surface area contributed by atoms with Gasteiger partial charge in [0.1, 0.15) is 5.15 Å². The first-order valence-corrected chi connectivity index (χ1v) is 6.75. The van der Waals surface area contributed by atoms with Crippen molar-refractivity contribution in [2.75, 3.05) is 6.61 Å². The molecule has 0 spiro atoms. The van der Waals surface area contributed by atoms with Crippen LogP contribution in [0.1, 0.15) is 31.8 Å². The lowest BCUT2D eigenvalue weighted by molar-refractivity contribution is 0.0474. The Balaban J connectivity index is 2.04. The molecule has 0 radical (unpaired) electrons. The van der Waals surface area contributed by atoms with Gasteiger partial charge in [-0.3, -0.25) is 4.79 Å². The number of nitrogens with zero attached hydrogens (tertiary/aromatic N) is 1. The fraction of sp³-hybridized carbons (Fsp3) is 0.188. The lowest BCUT2D eigenvalue weighted by Crippen LogP contribution is -2.15. The van der Waals surface area contributed by atoms with Gasteiger partial charge < -0.3 is 4.74 Å². The number of Topliss-reactive ketones (excluding diaryl/α,β-unsaturated/α-hetero) is 1. The second kappa shape index (κ2) is 6.50. The first-order valence-electron chi connectivity index (χ1n) is 6.37. The number of aryl methyl sites for hydroxylation is 2. The molecule has 0 aliphatic rings. The van der Waals surface area contributed by atoms with Crippen LogP contribution in [0.2, 0.25) is 5.15 Å². The van der Waals surface area contributed by atoms with Crippen molar-refractivity contribution in [2.45, 2.75) is 13.8 Å². The van der Waals surface area contributed by atoms with Gasteiger partial charge >= 0.3 is 5.97 Å². The van der Waals surface area contributed by atoms with Crippen molar-refractivity contribution < 1.29 is 14.3 Å². The van der Waals surface area contributed by atoms with Gasteiger partial charge in [0.05, 0.1) is 5.56 Å². The molecule has 1 aromatic heterocycles. The molecule has 0 saturated carbocycles. The molecule has 0 fully saturated rings. The number of esters is 1. The van der Waals surface area contributed by atoms with E-state index in [-0.39, 0.29) is 23.1 Å². The highest BCUT2D eigenvalue weighted by Gasteiger charge is 2.16. The highest BCUT2D eigenvalue weighted by molar-refractivity contribution is 6.32. The third-order valence-electron chi connectivity index (χ3n) is 3.00. The van der Waals surface area contributed by atoms with Gasteiger partial charge in [0.2, 0.25) is 5.78 Å². The van der Waals surface area contributed by atoms with E-state index in [1.165, 1.54) is 12.3 Å². The highest BCUT2D eigenvalue weighted by atomic mass is 35.5. The Bertz CT molecular complexity index is 698. The Morgan fingerprint density at radius 1 is 1.19 bits per heavy atom. The fourth-order valence-electron chi connectivity index (χ4n) is 1.95. The predicted molar refractivity (Wildman–Crippen MR) is 79.8 cm³/mol. The van der Waals surface area contributed by atoms with Crippen LogP contribution >= 0.6 is 11.6 Å². The molecule has 5 heteroatoms. The lowest BCUT2D eigenvalue weighted by atomic mass is 10.0. The maximum absolute atomic E-state index is 12.1. The standard InChI is InChI=1S/C16H14ClNO3/c1-10-5-6-12(11(2)8-10)14(19)9-21-16(20)13-4-3-7-18-15(13)17/h3-8H,9H2,1-2H3. The summed E-state index contributed by atoms with van der Waals surface area (Å²) in [5.74, 6) is -0.910. The number of pyridine rings is 1. The molecular weight excluding hydrogens is 290 g/mol. The molecule has 1 aromatic carbocycles.